The molecule has 10 nitrogen and oxygen atoms in total. The van der Waals surface area contributed by atoms with Crippen LogP contribution in [0.5, 0.6) is 0 Å². The van der Waals surface area contributed by atoms with Crippen molar-refractivity contribution in [2.45, 2.75) is 65.0 Å². The van der Waals surface area contributed by atoms with Gasteiger partial charge in [0.15, 0.2) is 5.58 Å². The molecule has 0 fully saturated rings. The first-order valence-corrected chi connectivity index (χ1v) is 14.7. The van der Waals surface area contributed by atoms with Crippen LogP contribution in [0.4, 0.5) is 22.2 Å². The number of hydrogen-bond acceptors (Lipinski definition) is 8. The number of nitrogens with zero attached hydrogens (tertiary/aromatic N) is 2. The summed E-state index contributed by atoms with van der Waals surface area (Å²) in [6, 6.07) is 18.8. The van der Waals surface area contributed by atoms with Crippen molar-refractivity contribution in [1.82, 2.24) is 10.3 Å². The summed E-state index contributed by atoms with van der Waals surface area (Å²) < 4.78 is 16.2. The Kier molecular flexibility index (Phi) is 8.89. The number of ether oxygens (including phenoxy) is 2. The van der Waals surface area contributed by atoms with E-state index < -0.39 is 23.7 Å². The summed E-state index contributed by atoms with van der Waals surface area (Å²) in [5.74, 6) is -0.581. The van der Waals surface area contributed by atoms with Crippen LogP contribution < -0.4 is 15.5 Å². The molecule has 2 N–H and O–H groups in total. The van der Waals surface area contributed by atoms with E-state index in [1.165, 1.54) is 7.11 Å². The third-order valence-corrected chi connectivity index (χ3v) is 7.37. The average Bonchev–Trinajstić information content (AvgIpc) is 3.37. The number of esters is 1. The molecule has 1 aliphatic rings. The zero-order chi connectivity index (χ0) is 31.4. The van der Waals surface area contributed by atoms with Crippen LogP contribution in [0.2, 0.25) is 0 Å². The molecule has 0 radical (unpaired) electrons. The fourth-order valence-corrected chi connectivity index (χ4v) is 5.29. The van der Waals surface area contributed by atoms with Crippen LogP contribution in [0.3, 0.4) is 0 Å². The highest BCUT2D eigenvalue weighted by Gasteiger charge is 2.27. The number of oxazole rings is 1. The predicted octanol–water partition coefficient (Wildman–Crippen LogP) is 6.01. The molecule has 0 saturated heterocycles. The Morgan fingerprint density at radius 1 is 1.05 bits per heavy atom. The second-order valence-electron chi connectivity index (χ2n) is 12.0. The normalized spacial score (nSPS) is 13.6. The first-order valence-electron chi connectivity index (χ1n) is 14.7. The highest BCUT2D eigenvalue weighted by Crippen LogP contribution is 2.30. The summed E-state index contributed by atoms with van der Waals surface area (Å²) in [5.41, 5.74) is 6.15. The Hall–Kier alpha value is -4.86. The highest BCUT2D eigenvalue weighted by atomic mass is 16.6. The lowest BCUT2D eigenvalue weighted by atomic mass is 9.96. The van der Waals surface area contributed by atoms with Crippen molar-refractivity contribution in [3.8, 4) is 0 Å². The fourth-order valence-electron chi connectivity index (χ4n) is 5.29. The van der Waals surface area contributed by atoms with Gasteiger partial charge in [-0.2, -0.15) is 4.98 Å². The zero-order valence-corrected chi connectivity index (χ0v) is 25.7. The molecule has 5 rings (SSSR count). The van der Waals surface area contributed by atoms with E-state index in [2.05, 4.69) is 15.6 Å². The van der Waals surface area contributed by atoms with Crippen molar-refractivity contribution in [2.75, 3.05) is 23.9 Å². The number of hydrogen-bond donors (Lipinski definition) is 2. The van der Waals surface area contributed by atoms with Gasteiger partial charge in [-0.1, -0.05) is 36.4 Å². The van der Waals surface area contributed by atoms with Gasteiger partial charge in [-0.25, -0.2) is 9.59 Å². The van der Waals surface area contributed by atoms with E-state index in [9.17, 15) is 14.4 Å². The maximum Gasteiger partial charge on any atom is 0.408 e. The molecule has 1 aromatic heterocycles. The van der Waals surface area contributed by atoms with Crippen LogP contribution in [-0.4, -0.2) is 48.3 Å². The number of carbonyl (C=O) groups excluding carboxylic acids is 3. The first kappa shape index (κ1) is 30.6. The molecule has 0 bridgehead atoms. The van der Waals surface area contributed by atoms with Gasteiger partial charge in [-0.3, -0.25) is 4.79 Å². The van der Waals surface area contributed by atoms with Crippen LogP contribution in [0, 0.1) is 6.92 Å². The third kappa shape index (κ3) is 7.37. The van der Waals surface area contributed by atoms with Gasteiger partial charge in [0.2, 0.25) is 5.91 Å². The second-order valence-corrected chi connectivity index (χ2v) is 12.0. The van der Waals surface area contributed by atoms with Gasteiger partial charge in [0.25, 0.3) is 6.01 Å². The van der Waals surface area contributed by atoms with Gasteiger partial charge in [0, 0.05) is 24.3 Å². The van der Waals surface area contributed by atoms with E-state index in [4.69, 9.17) is 13.9 Å². The molecule has 0 aliphatic carbocycles. The Morgan fingerprint density at radius 3 is 2.57 bits per heavy atom. The van der Waals surface area contributed by atoms with Gasteiger partial charge in [-0.05, 0) is 87.1 Å². The number of alkyl carbamates (subject to hydrolysis) is 1. The summed E-state index contributed by atoms with van der Waals surface area (Å²) in [6.07, 6.45) is 1.36. The molecule has 1 unspecified atom stereocenters. The van der Waals surface area contributed by atoms with Crippen molar-refractivity contribution in [2.24, 2.45) is 0 Å². The summed E-state index contributed by atoms with van der Waals surface area (Å²) in [4.78, 5) is 44.7. The summed E-state index contributed by atoms with van der Waals surface area (Å²) >= 11 is 0. The topological polar surface area (TPSA) is 123 Å². The molecule has 1 atom stereocenters. The van der Waals surface area contributed by atoms with Crippen LogP contribution >= 0.6 is 0 Å². The smallest absolute Gasteiger partial charge is 0.408 e. The van der Waals surface area contributed by atoms with Crippen molar-refractivity contribution in [3.05, 3.63) is 82.9 Å². The Balaban J connectivity index is 1.27. The maximum atomic E-state index is 13.5. The Bertz CT molecular complexity index is 1690. The second kappa shape index (κ2) is 12.8. The van der Waals surface area contributed by atoms with Crippen LogP contribution in [-0.2, 0) is 38.3 Å². The van der Waals surface area contributed by atoms with E-state index in [1.807, 2.05) is 72.5 Å². The average molecular weight is 599 g/mol. The quantitative estimate of drug-likeness (QED) is 0.237. The minimum absolute atomic E-state index is 0.0187. The number of benzene rings is 3. The number of amides is 2. The van der Waals surface area contributed by atoms with E-state index in [0.29, 0.717) is 23.7 Å². The summed E-state index contributed by atoms with van der Waals surface area (Å²) in [5, 5.41) is 5.84. The third-order valence-electron chi connectivity index (χ3n) is 7.37. The lowest BCUT2D eigenvalue weighted by Crippen LogP contribution is -2.45. The molecular weight excluding hydrogens is 560 g/mol. The molecule has 10 heteroatoms. The Morgan fingerprint density at radius 2 is 1.82 bits per heavy atom. The number of carbonyl (C=O) groups is 3. The number of anilines is 3. The predicted molar refractivity (Wildman–Crippen MR) is 168 cm³/mol. The first-order chi connectivity index (χ1) is 21.0. The number of nitrogens with one attached hydrogen (secondary N) is 2. The molecule has 0 spiro atoms. The summed E-state index contributed by atoms with van der Waals surface area (Å²) in [6.45, 7) is 7.89. The van der Waals surface area contributed by atoms with Crippen LogP contribution in [0.25, 0.3) is 11.1 Å². The van der Waals surface area contributed by atoms with Gasteiger partial charge in [0.1, 0.15) is 17.2 Å². The standard InChI is InChI=1S/C34H38N4O6/c1-21-9-6-7-11-25(21)35-32-36-26-14-12-23(19-29(26)43-32)20-30(39)38-16-8-10-24-17-22(13-15-28(24)38)18-27(31(40)42-5)37-33(41)44-34(2,3)4/h6-7,9,11-15,17,19,27H,8,10,16,18,20H2,1-5H3,(H,35,36)(H,37,41). The van der Waals surface area contributed by atoms with Crippen molar-refractivity contribution < 1.29 is 28.3 Å². The molecule has 2 heterocycles. The number of methoxy groups -OCH3 is 1. The molecule has 44 heavy (non-hydrogen) atoms. The number of fused-ring (bicyclic) bond motifs is 2. The van der Waals surface area contributed by atoms with Crippen LogP contribution in [0.1, 0.15) is 49.4 Å². The molecule has 2 amide bonds. The molecule has 4 aromatic rings. The number of aromatic nitrogens is 1. The lowest BCUT2D eigenvalue weighted by Gasteiger charge is -2.30. The number of para-hydroxylation sites is 1. The summed E-state index contributed by atoms with van der Waals surface area (Å²) in [7, 11) is 1.28. The molecule has 1 aliphatic heterocycles. The van der Waals surface area contributed by atoms with Crippen molar-refractivity contribution in [3.63, 3.8) is 0 Å². The largest absolute Gasteiger partial charge is 0.467 e. The highest BCUT2D eigenvalue weighted by molar-refractivity contribution is 5.96. The molecule has 230 valence electrons. The number of rotatable bonds is 8. The minimum atomic E-state index is -0.910. The zero-order valence-electron chi connectivity index (χ0n) is 25.7. The fraction of sp³-hybridized carbons (Fsp3) is 0.353. The van der Waals surface area contributed by atoms with E-state index in [1.54, 1.807) is 20.8 Å². The van der Waals surface area contributed by atoms with Gasteiger partial charge in [0.05, 0.1) is 13.5 Å². The van der Waals surface area contributed by atoms with Crippen molar-refractivity contribution in [1.29, 1.82) is 0 Å². The minimum Gasteiger partial charge on any atom is -0.467 e. The Labute approximate surface area is 256 Å². The van der Waals surface area contributed by atoms with Gasteiger partial charge >= 0.3 is 12.1 Å². The molecule has 3 aromatic carbocycles. The maximum absolute atomic E-state index is 13.5. The van der Waals surface area contributed by atoms with E-state index in [0.717, 1.165) is 46.5 Å². The van der Waals surface area contributed by atoms with Gasteiger partial charge in [-0.15, -0.1) is 0 Å². The van der Waals surface area contributed by atoms with Crippen molar-refractivity contribution >= 4 is 46.5 Å². The number of aryl methyl sites for hydroxylation is 2. The SMILES string of the molecule is COC(=O)C(Cc1ccc2c(c1)CCCN2C(=O)Cc1ccc2nc(Nc3ccccc3C)oc2c1)NC(=O)OC(C)(C)C. The molecular formula is C34H38N4O6. The van der Waals surface area contributed by atoms with Gasteiger partial charge < -0.3 is 29.4 Å². The molecule has 0 saturated carbocycles. The van der Waals surface area contributed by atoms with E-state index in [-0.39, 0.29) is 18.7 Å². The van der Waals surface area contributed by atoms with E-state index >= 15 is 0 Å². The van der Waals surface area contributed by atoms with Crippen LogP contribution in [0.15, 0.2) is 65.1 Å². The monoisotopic (exact) mass is 598 g/mol. The lowest BCUT2D eigenvalue weighted by molar-refractivity contribution is -0.143.